The molecule has 0 atom stereocenters. The minimum absolute atomic E-state index is 0.143. The van der Waals surface area contributed by atoms with Crippen LogP contribution in [0.15, 0.2) is 0 Å². The summed E-state index contributed by atoms with van der Waals surface area (Å²) in [6.07, 6.45) is 33.5. The molecule has 0 aliphatic heterocycles. The van der Waals surface area contributed by atoms with Crippen LogP contribution in [0.4, 0.5) is 0 Å². The van der Waals surface area contributed by atoms with Gasteiger partial charge >= 0.3 is 0 Å². The molecule has 0 radical (unpaired) electrons. The van der Waals surface area contributed by atoms with E-state index in [0.717, 1.165) is 90.6 Å². The number of hydrogen-bond acceptors (Lipinski definition) is 7. The van der Waals surface area contributed by atoms with Crippen molar-refractivity contribution < 1.29 is 19.2 Å². The zero-order valence-corrected chi connectivity index (χ0v) is 36.0. The van der Waals surface area contributed by atoms with Gasteiger partial charge in [0.1, 0.15) is 12.6 Å². The predicted octanol–water partition coefficient (Wildman–Crippen LogP) is 9.07. The maximum Gasteiger partial charge on any atom is 0.236 e. The molecule has 318 valence electrons. The fourth-order valence-corrected chi connectivity index (χ4v) is 7.29. The van der Waals surface area contributed by atoms with E-state index < -0.39 is 0 Å². The molecule has 9 heteroatoms. The average molecular weight is 764 g/mol. The van der Waals surface area contributed by atoms with Crippen molar-refractivity contribution in [2.75, 3.05) is 78.5 Å². The van der Waals surface area contributed by atoms with E-state index in [1.165, 1.54) is 128 Å². The molecule has 0 aromatic rings. The van der Waals surface area contributed by atoms with Gasteiger partial charge in [-0.3, -0.25) is 14.5 Å². The van der Waals surface area contributed by atoms with Gasteiger partial charge in [-0.15, -0.1) is 0 Å². The summed E-state index contributed by atoms with van der Waals surface area (Å²) in [4.78, 5) is 56.3. The zero-order chi connectivity index (χ0) is 39.6. The van der Waals surface area contributed by atoms with Gasteiger partial charge in [0.25, 0.3) is 0 Å². The van der Waals surface area contributed by atoms with E-state index >= 15 is 0 Å². The smallest absolute Gasteiger partial charge is 0.236 e. The van der Waals surface area contributed by atoms with Crippen molar-refractivity contribution in [1.29, 1.82) is 0 Å². The molecule has 0 aliphatic carbocycles. The van der Waals surface area contributed by atoms with Crippen LogP contribution in [0.25, 0.3) is 0 Å². The summed E-state index contributed by atoms with van der Waals surface area (Å²) >= 11 is 0. The first-order valence-electron chi connectivity index (χ1n) is 23.0. The molecule has 0 fully saturated rings. The van der Waals surface area contributed by atoms with Crippen LogP contribution in [0, 0.1) is 0 Å². The van der Waals surface area contributed by atoms with Crippen LogP contribution < -0.4 is 5.32 Å². The van der Waals surface area contributed by atoms with Crippen molar-refractivity contribution in [3.05, 3.63) is 0 Å². The summed E-state index contributed by atoms with van der Waals surface area (Å²) in [5.41, 5.74) is 0. The van der Waals surface area contributed by atoms with Gasteiger partial charge in [0, 0.05) is 45.6 Å². The predicted molar refractivity (Wildman–Crippen MR) is 229 cm³/mol. The van der Waals surface area contributed by atoms with Crippen LogP contribution in [0.5, 0.6) is 0 Å². The third-order valence-corrected chi connectivity index (χ3v) is 10.8. The number of hydrogen-bond donors (Lipinski definition) is 1. The zero-order valence-electron chi connectivity index (χ0n) is 36.0. The van der Waals surface area contributed by atoms with Crippen molar-refractivity contribution in [3.8, 4) is 0 Å². The minimum Gasteiger partial charge on any atom is -0.357 e. The molecule has 1 N–H and O–H groups in total. The van der Waals surface area contributed by atoms with Gasteiger partial charge < -0.3 is 29.6 Å². The van der Waals surface area contributed by atoms with E-state index in [1.54, 1.807) is 0 Å². The fraction of sp³-hybridized carbons (Fsp3) is 0.911. The van der Waals surface area contributed by atoms with Gasteiger partial charge in [0.15, 0.2) is 0 Å². The third-order valence-electron chi connectivity index (χ3n) is 10.8. The number of nitrogens with one attached hydrogen (secondary N) is 1. The lowest BCUT2D eigenvalue weighted by atomic mass is 10.1. The van der Waals surface area contributed by atoms with Crippen molar-refractivity contribution in [2.24, 2.45) is 0 Å². The van der Waals surface area contributed by atoms with Gasteiger partial charge in [-0.1, -0.05) is 136 Å². The Morgan fingerprint density at radius 1 is 0.407 bits per heavy atom. The van der Waals surface area contributed by atoms with E-state index in [4.69, 9.17) is 0 Å². The molecule has 0 aromatic carbocycles. The van der Waals surface area contributed by atoms with Crippen LogP contribution in [0.3, 0.4) is 0 Å². The number of aldehydes is 2. The van der Waals surface area contributed by atoms with Crippen LogP contribution in [0.1, 0.15) is 188 Å². The Morgan fingerprint density at radius 2 is 0.778 bits per heavy atom. The average Bonchev–Trinajstić information content (AvgIpc) is 3.17. The van der Waals surface area contributed by atoms with E-state index in [0.29, 0.717) is 45.4 Å². The molecule has 54 heavy (non-hydrogen) atoms. The molecule has 0 heterocycles. The van der Waals surface area contributed by atoms with Gasteiger partial charge in [-0.05, 0) is 77.8 Å². The molecule has 0 saturated carbocycles. The van der Waals surface area contributed by atoms with Crippen molar-refractivity contribution in [3.63, 3.8) is 0 Å². The first kappa shape index (κ1) is 52.2. The van der Waals surface area contributed by atoms with Gasteiger partial charge in [-0.2, -0.15) is 0 Å². The maximum atomic E-state index is 14.0. The fourth-order valence-electron chi connectivity index (χ4n) is 7.29. The number of carbonyl (C=O) groups is 4. The summed E-state index contributed by atoms with van der Waals surface area (Å²) in [5, 5.41) is 2.76. The summed E-state index contributed by atoms with van der Waals surface area (Å²) in [6, 6.07) is 0. The lowest BCUT2D eigenvalue weighted by molar-refractivity contribution is -0.132. The lowest BCUT2D eigenvalue weighted by Gasteiger charge is -2.31. The maximum absolute atomic E-state index is 14.0. The summed E-state index contributed by atoms with van der Waals surface area (Å²) in [5.74, 6) is 0.143. The van der Waals surface area contributed by atoms with Crippen molar-refractivity contribution in [1.82, 2.24) is 24.9 Å². The molecular formula is C45H89N5O4. The molecule has 0 saturated heterocycles. The molecule has 0 spiro atoms. The van der Waals surface area contributed by atoms with Crippen LogP contribution in [-0.2, 0) is 19.2 Å². The summed E-state index contributed by atoms with van der Waals surface area (Å²) in [7, 11) is 0. The summed E-state index contributed by atoms with van der Waals surface area (Å²) in [6.45, 7) is 16.5. The SMILES string of the molecule is CCCCCCCCCN(CCCCCCCCC)CCN(CCCCCCCCC)CC(=O)N(CCCN(CCCC=O)CCCC=O)CCNC=O. The summed E-state index contributed by atoms with van der Waals surface area (Å²) < 4.78 is 0. The molecule has 0 aromatic heterocycles. The largest absolute Gasteiger partial charge is 0.357 e. The molecule has 9 nitrogen and oxygen atoms in total. The molecule has 0 rings (SSSR count). The third kappa shape index (κ3) is 34.6. The first-order valence-corrected chi connectivity index (χ1v) is 23.0. The van der Waals surface area contributed by atoms with Crippen molar-refractivity contribution in [2.45, 2.75) is 188 Å². The Bertz CT molecular complexity index is 800. The lowest BCUT2D eigenvalue weighted by Crippen LogP contribution is -2.46. The number of carbonyl (C=O) groups excluding carboxylic acids is 4. The second kappa shape index (κ2) is 42.3. The monoisotopic (exact) mass is 764 g/mol. The van der Waals surface area contributed by atoms with Gasteiger partial charge in [0.2, 0.25) is 12.3 Å². The topological polar surface area (TPSA) is 93.3 Å². The highest BCUT2D eigenvalue weighted by Gasteiger charge is 2.19. The molecular weight excluding hydrogens is 675 g/mol. The highest BCUT2D eigenvalue weighted by molar-refractivity contribution is 5.78. The van der Waals surface area contributed by atoms with Crippen molar-refractivity contribution >= 4 is 24.9 Å². The van der Waals surface area contributed by atoms with E-state index in [-0.39, 0.29) is 5.91 Å². The highest BCUT2D eigenvalue weighted by Crippen LogP contribution is 2.12. The highest BCUT2D eigenvalue weighted by atomic mass is 16.2. The van der Waals surface area contributed by atoms with E-state index in [2.05, 4.69) is 40.8 Å². The Balaban J connectivity index is 5.53. The van der Waals surface area contributed by atoms with E-state index in [9.17, 15) is 19.2 Å². The minimum atomic E-state index is 0.143. The second-order valence-electron chi connectivity index (χ2n) is 15.7. The number of amides is 2. The van der Waals surface area contributed by atoms with E-state index in [1.807, 2.05) is 4.90 Å². The standard InChI is InChI=1S/C45H89N5O4/c1-4-7-10-13-16-19-22-31-48(32-23-20-17-14-11-8-5-2)39-40-49(35-24-21-18-15-12-9-6-3)43-45(54)50(38-30-46-44-53)37-29-36-47(33-25-27-41-51)34-26-28-42-52/h41-42,44H,4-40,43H2,1-3H3,(H,46,53). The first-order chi connectivity index (χ1) is 26.6. The van der Waals surface area contributed by atoms with Gasteiger partial charge in [-0.25, -0.2) is 0 Å². The normalized spacial score (nSPS) is 11.5. The molecule has 0 bridgehead atoms. The second-order valence-corrected chi connectivity index (χ2v) is 15.7. The number of nitrogens with zero attached hydrogens (tertiary/aromatic N) is 4. The van der Waals surface area contributed by atoms with Gasteiger partial charge in [0.05, 0.1) is 6.54 Å². The Labute approximate surface area is 334 Å². The Morgan fingerprint density at radius 3 is 1.22 bits per heavy atom. The quantitative estimate of drug-likeness (QED) is 0.0489. The molecule has 2 amide bonds. The van der Waals surface area contributed by atoms with Crippen LogP contribution in [-0.4, -0.2) is 123 Å². The molecule has 0 aliphatic rings. The number of unbranched alkanes of at least 4 members (excludes halogenated alkanes) is 20. The Kier molecular flexibility index (Phi) is 40.9. The number of rotatable bonds is 45. The van der Waals surface area contributed by atoms with Crippen LogP contribution >= 0.6 is 0 Å². The van der Waals surface area contributed by atoms with Crippen LogP contribution in [0.2, 0.25) is 0 Å². The molecule has 0 unspecified atom stereocenters. The Hall–Kier alpha value is -1.84.